The SMILES string of the molecule is CCC(CCO)CNc1cc(F)c(I)cc1[N+](=O)[O-]. The molecule has 19 heavy (non-hydrogen) atoms. The van der Waals surface area contributed by atoms with E-state index >= 15 is 0 Å². The highest BCUT2D eigenvalue weighted by Crippen LogP contribution is 2.29. The van der Waals surface area contributed by atoms with E-state index in [1.807, 2.05) is 6.92 Å². The van der Waals surface area contributed by atoms with E-state index in [0.717, 1.165) is 12.5 Å². The Morgan fingerprint density at radius 1 is 1.58 bits per heavy atom. The van der Waals surface area contributed by atoms with Gasteiger partial charge in [0.05, 0.1) is 8.49 Å². The average molecular weight is 382 g/mol. The van der Waals surface area contributed by atoms with Gasteiger partial charge in [0.25, 0.3) is 5.69 Å². The Morgan fingerprint density at radius 3 is 2.79 bits per heavy atom. The lowest BCUT2D eigenvalue weighted by Gasteiger charge is -2.15. The summed E-state index contributed by atoms with van der Waals surface area (Å²) in [6.45, 7) is 2.52. The number of halogens is 2. The summed E-state index contributed by atoms with van der Waals surface area (Å²) in [6, 6.07) is 2.36. The van der Waals surface area contributed by atoms with Crippen molar-refractivity contribution in [1.82, 2.24) is 0 Å². The minimum atomic E-state index is -0.531. The highest BCUT2D eigenvalue weighted by Gasteiger charge is 2.18. The van der Waals surface area contributed by atoms with Gasteiger partial charge < -0.3 is 10.4 Å². The summed E-state index contributed by atoms with van der Waals surface area (Å²) in [5.74, 6) is -0.282. The van der Waals surface area contributed by atoms with Crippen molar-refractivity contribution in [3.63, 3.8) is 0 Å². The third kappa shape index (κ3) is 4.57. The number of nitro benzene ring substituents is 1. The number of benzene rings is 1. The first-order chi connectivity index (χ1) is 8.99. The molecule has 1 unspecified atom stereocenters. The van der Waals surface area contributed by atoms with Gasteiger partial charge in [0.1, 0.15) is 11.5 Å². The fraction of sp³-hybridized carbons (Fsp3) is 0.500. The van der Waals surface area contributed by atoms with Crippen LogP contribution in [0.1, 0.15) is 19.8 Å². The van der Waals surface area contributed by atoms with Crippen molar-refractivity contribution in [2.45, 2.75) is 19.8 Å². The summed E-state index contributed by atoms with van der Waals surface area (Å²) in [6.07, 6.45) is 1.46. The smallest absolute Gasteiger partial charge is 0.293 e. The van der Waals surface area contributed by atoms with Crippen LogP contribution in [0.2, 0.25) is 0 Å². The van der Waals surface area contributed by atoms with Crippen molar-refractivity contribution in [3.05, 3.63) is 31.6 Å². The quantitative estimate of drug-likeness (QED) is 0.432. The van der Waals surface area contributed by atoms with Crippen molar-refractivity contribution in [2.75, 3.05) is 18.5 Å². The fourth-order valence-corrected chi connectivity index (χ4v) is 2.17. The maximum atomic E-state index is 13.5. The van der Waals surface area contributed by atoms with Crippen LogP contribution in [0.15, 0.2) is 12.1 Å². The Hall–Kier alpha value is -0.960. The second-order valence-corrected chi connectivity index (χ2v) is 5.37. The number of nitro groups is 1. The van der Waals surface area contributed by atoms with E-state index in [2.05, 4.69) is 5.32 Å². The number of aliphatic hydroxyl groups excluding tert-OH is 1. The standard InChI is InChI=1S/C12H16FIN2O3/c1-2-8(3-4-17)7-15-11-5-9(13)10(14)6-12(11)16(18)19/h5-6,8,15,17H,2-4,7H2,1H3. The molecule has 0 amide bonds. The van der Waals surface area contributed by atoms with Crippen molar-refractivity contribution in [3.8, 4) is 0 Å². The minimum Gasteiger partial charge on any atom is -0.396 e. The maximum absolute atomic E-state index is 13.5. The van der Waals surface area contributed by atoms with E-state index in [0.29, 0.717) is 13.0 Å². The Balaban J connectivity index is 2.87. The summed E-state index contributed by atoms with van der Waals surface area (Å²) in [5, 5.41) is 22.7. The van der Waals surface area contributed by atoms with Gasteiger partial charge in [0, 0.05) is 25.3 Å². The highest BCUT2D eigenvalue weighted by atomic mass is 127. The van der Waals surface area contributed by atoms with Gasteiger partial charge in [-0.15, -0.1) is 0 Å². The fourth-order valence-electron chi connectivity index (χ4n) is 1.72. The molecule has 0 aliphatic carbocycles. The molecule has 0 bridgehead atoms. The van der Waals surface area contributed by atoms with Crippen LogP contribution in [0, 0.1) is 25.4 Å². The zero-order valence-electron chi connectivity index (χ0n) is 10.5. The Bertz CT molecular complexity index is 457. The zero-order valence-corrected chi connectivity index (χ0v) is 12.7. The Labute approximate surface area is 124 Å². The molecule has 1 rings (SSSR count). The molecule has 0 aromatic heterocycles. The third-order valence-electron chi connectivity index (χ3n) is 2.93. The van der Waals surface area contributed by atoms with Gasteiger partial charge in [-0.1, -0.05) is 13.3 Å². The predicted molar refractivity (Wildman–Crippen MR) is 79.7 cm³/mol. The van der Waals surface area contributed by atoms with Crippen LogP contribution in [0.4, 0.5) is 15.8 Å². The second kappa shape index (κ2) is 7.59. The molecular formula is C12H16FIN2O3. The van der Waals surface area contributed by atoms with Crippen LogP contribution in [0.3, 0.4) is 0 Å². The van der Waals surface area contributed by atoms with E-state index in [9.17, 15) is 14.5 Å². The molecule has 0 heterocycles. The van der Waals surface area contributed by atoms with E-state index in [-0.39, 0.29) is 27.5 Å². The Morgan fingerprint density at radius 2 is 2.26 bits per heavy atom. The van der Waals surface area contributed by atoms with Crippen LogP contribution < -0.4 is 5.32 Å². The lowest BCUT2D eigenvalue weighted by molar-refractivity contribution is -0.384. The number of nitrogens with zero attached hydrogens (tertiary/aromatic N) is 1. The zero-order chi connectivity index (χ0) is 14.4. The van der Waals surface area contributed by atoms with E-state index < -0.39 is 10.7 Å². The van der Waals surface area contributed by atoms with Gasteiger partial charge >= 0.3 is 0 Å². The number of nitrogens with one attached hydrogen (secondary N) is 1. The molecule has 0 spiro atoms. The lowest BCUT2D eigenvalue weighted by Crippen LogP contribution is -2.16. The molecule has 106 valence electrons. The number of anilines is 1. The van der Waals surface area contributed by atoms with Crippen LogP contribution in [-0.4, -0.2) is 23.2 Å². The van der Waals surface area contributed by atoms with E-state index in [4.69, 9.17) is 5.11 Å². The van der Waals surface area contributed by atoms with Crippen molar-refractivity contribution < 1.29 is 14.4 Å². The molecule has 0 saturated carbocycles. The molecule has 5 nitrogen and oxygen atoms in total. The van der Waals surface area contributed by atoms with Gasteiger partial charge in [-0.3, -0.25) is 10.1 Å². The first-order valence-corrected chi connectivity index (χ1v) is 7.05. The van der Waals surface area contributed by atoms with Gasteiger partial charge in [-0.05, 0) is 34.9 Å². The molecule has 1 aromatic rings. The first-order valence-electron chi connectivity index (χ1n) is 5.97. The molecule has 7 heteroatoms. The lowest BCUT2D eigenvalue weighted by atomic mass is 10.0. The largest absolute Gasteiger partial charge is 0.396 e. The molecule has 2 N–H and O–H groups in total. The molecule has 0 aliphatic heterocycles. The highest BCUT2D eigenvalue weighted by molar-refractivity contribution is 14.1. The normalized spacial score (nSPS) is 12.2. The summed E-state index contributed by atoms with van der Waals surface area (Å²) in [4.78, 5) is 10.4. The van der Waals surface area contributed by atoms with Crippen LogP contribution in [0.25, 0.3) is 0 Å². The number of hydrogen-bond donors (Lipinski definition) is 2. The summed E-state index contributed by atoms with van der Waals surface area (Å²) in [7, 11) is 0. The summed E-state index contributed by atoms with van der Waals surface area (Å²) < 4.78 is 13.7. The number of rotatable bonds is 7. The van der Waals surface area contributed by atoms with Crippen LogP contribution >= 0.6 is 22.6 Å². The topological polar surface area (TPSA) is 75.4 Å². The van der Waals surface area contributed by atoms with Crippen molar-refractivity contribution in [2.24, 2.45) is 5.92 Å². The van der Waals surface area contributed by atoms with Gasteiger partial charge in [-0.25, -0.2) is 4.39 Å². The first kappa shape index (κ1) is 16.1. The van der Waals surface area contributed by atoms with Gasteiger partial charge in [0.2, 0.25) is 0 Å². The minimum absolute atomic E-state index is 0.0727. The monoisotopic (exact) mass is 382 g/mol. The van der Waals surface area contributed by atoms with Crippen LogP contribution in [-0.2, 0) is 0 Å². The van der Waals surface area contributed by atoms with Crippen molar-refractivity contribution >= 4 is 34.0 Å². The molecule has 0 radical (unpaired) electrons. The molecule has 0 fully saturated rings. The maximum Gasteiger partial charge on any atom is 0.293 e. The van der Waals surface area contributed by atoms with E-state index in [1.54, 1.807) is 22.6 Å². The van der Waals surface area contributed by atoms with Crippen molar-refractivity contribution in [1.29, 1.82) is 0 Å². The molecule has 0 aliphatic rings. The predicted octanol–water partition coefficient (Wildman–Crippen LogP) is 3.16. The number of hydrogen-bond acceptors (Lipinski definition) is 4. The second-order valence-electron chi connectivity index (χ2n) is 4.21. The summed E-state index contributed by atoms with van der Waals surface area (Å²) in [5.41, 5.74) is 0.0453. The molecular weight excluding hydrogens is 366 g/mol. The van der Waals surface area contributed by atoms with Gasteiger partial charge in [-0.2, -0.15) is 0 Å². The Kier molecular flexibility index (Phi) is 6.43. The van der Waals surface area contributed by atoms with Crippen LogP contribution in [0.5, 0.6) is 0 Å². The average Bonchev–Trinajstić information content (AvgIpc) is 2.37. The number of aliphatic hydroxyl groups is 1. The van der Waals surface area contributed by atoms with Gasteiger partial charge in [0.15, 0.2) is 0 Å². The third-order valence-corrected chi connectivity index (χ3v) is 3.76. The summed E-state index contributed by atoms with van der Waals surface area (Å²) >= 11 is 1.72. The molecule has 0 saturated heterocycles. The molecule has 1 atom stereocenters. The molecule has 1 aromatic carbocycles. The van der Waals surface area contributed by atoms with E-state index in [1.165, 1.54) is 6.07 Å².